The number of aryl methyl sites for hydroxylation is 1. The first kappa shape index (κ1) is 19.8. The fourth-order valence-electron chi connectivity index (χ4n) is 3.27. The summed E-state index contributed by atoms with van der Waals surface area (Å²) in [6.07, 6.45) is 1.05. The SMILES string of the molecule is Cc1nc(N2CC=C(c3ccc(F)cc3)C(O)C2)nc(=O)n1Cc1ccc(Cl)s1. The lowest BCUT2D eigenvalue weighted by Gasteiger charge is -2.30. The highest BCUT2D eigenvalue weighted by molar-refractivity contribution is 7.16. The number of benzene rings is 1. The van der Waals surface area contributed by atoms with Crippen molar-refractivity contribution in [2.75, 3.05) is 18.0 Å². The van der Waals surface area contributed by atoms with E-state index in [0.717, 1.165) is 16.0 Å². The number of nitrogens with zero attached hydrogens (tertiary/aromatic N) is 4. The number of β-amino-alcohol motifs (C(OH)–C–C–N with tert-alkyl or cyclic N) is 1. The zero-order chi connectivity index (χ0) is 20.5. The Morgan fingerprint density at radius 1 is 1.24 bits per heavy atom. The summed E-state index contributed by atoms with van der Waals surface area (Å²) in [4.78, 5) is 23.8. The van der Waals surface area contributed by atoms with Gasteiger partial charge in [-0.05, 0) is 42.3 Å². The number of anilines is 1. The highest BCUT2D eigenvalue weighted by Crippen LogP contribution is 2.25. The standard InChI is InChI=1S/C20H18ClFN4O2S/c1-12-23-19(24-20(28)26(12)10-15-6-7-18(21)29-15)25-9-8-16(17(27)11-25)13-2-4-14(22)5-3-13/h2-8,17,27H,9-11H2,1H3. The first-order valence-corrected chi connectivity index (χ1v) is 10.2. The topological polar surface area (TPSA) is 71.2 Å². The molecule has 4 rings (SSSR count). The van der Waals surface area contributed by atoms with Crippen LogP contribution in [0.4, 0.5) is 10.3 Å². The van der Waals surface area contributed by atoms with Crippen LogP contribution in [0.3, 0.4) is 0 Å². The minimum atomic E-state index is -0.797. The van der Waals surface area contributed by atoms with E-state index >= 15 is 0 Å². The molecule has 2 aromatic heterocycles. The van der Waals surface area contributed by atoms with Crippen molar-refractivity contribution < 1.29 is 9.50 Å². The molecule has 1 unspecified atom stereocenters. The molecular weight excluding hydrogens is 415 g/mol. The molecule has 150 valence electrons. The van der Waals surface area contributed by atoms with Crippen LogP contribution in [-0.4, -0.2) is 38.8 Å². The van der Waals surface area contributed by atoms with E-state index in [-0.39, 0.29) is 18.3 Å². The quantitative estimate of drug-likeness (QED) is 0.686. The molecule has 29 heavy (non-hydrogen) atoms. The van der Waals surface area contributed by atoms with Crippen molar-refractivity contribution in [2.45, 2.75) is 19.6 Å². The van der Waals surface area contributed by atoms with E-state index in [9.17, 15) is 14.3 Å². The van der Waals surface area contributed by atoms with E-state index in [4.69, 9.17) is 11.6 Å². The van der Waals surface area contributed by atoms with Crippen LogP contribution in [0.2, 0.25) is 4.34 Å². The van der Waals surface area contributed by atoms with Gasteiger partial charge in [-0.1, -0.05) is 29.8 Å². The van der Waals surface area contributed by atoms with E-state index in [0.29, 0.717) is 23.3 Å². The zero-order valence-corrected chi connectivity index (χ0v) is 17.1. The van der Waals surface area contributed by atoms with E-state index in [1.807, 2.05) is 12.1 Å². The van der Waals surface area contributed by atoms with Gasteiger partial charge in [-0.25, -0.2) is 9.18 Å². The van der Waals surface area contributed by atoms with E-state index in [1.165, 1.54) is 28.0 Å². The second kappa shape index (κ2) is 8.06. The Hall–Kier alpha value is -2.55. The van der Waals surface area contributed by atoms with Crippen LogP contribution in [0.1, 0.15) is 16.3 Å². The average molecular weight is 433 g/mol. The molecule has 0 saturated heterocycles. The number of aliphatic hydroxyl groups is 1. The lowest BCUT2D eigenvalue weighted by molar-refractivity contribution is 0.233. The van der Waals surface area contributed by atoms with Gasteiger partial charge in [0, 0.05) is 11.4 Å². The van der Waals surface area contributed by atoms with Gasteiger partial charge in [0.2, 0.25) is 5.95 Å². The van der Waals surface area contributed by atoms with Gasteiger partial charge in [0.25, 0.3) is 0 Å². The Morgan fingerprint density at radius 2 is 2.00 bits per heavy atom. The summed E-state index contributed by atoms with van der Waals surface area (Å²) in [5, 5.41) is 10.6. The number of thiophene rings is 1. The summed E-state index contributed by atoms with van der Waals surface area (Å²) < 4.78 is 15.3. The van der Waals surface area contributed by atoms with Gasteiger partial charge in [0.1, 0.15) is 11.6 Å². The van der Waals surface area contributed by atoms with Crippen molar-refractivity contribution >= 4 is 34.5 Å². The van der Waals surface area contributed by atoms with Crippen molar-refractivity contribution in [3.05, 3.63) is 79.4 Å². The van der Waals surface area contributed by atoms with Crippen LogP contribution in [-0.2, 0) is 6.54 Å². The maximum Gasteiger partial charge on any atom is 0.352 e. The normalized spacial score (nSPS) is 16.8. The molecule has 6 nitrogen and oxygen atoms in total. The van der Waals surface area contributed by atoms with E-state index < -0.39 is 11.8 Å². The lowest BCUT2D eigenvalue weighted by Crippen LogP contribution is -2.40. The Balaban J connectivity index is 1.56. The Labute approximate surface area is 175 Å². The number of aliphatic hydroxyl groups excluding tert-OH is 1. The smallest absolute Gasteiger partial charge is 0.352 e. The number of hydrogen-bond donors (Lipinski definition) is 1. The molecular formula is C20H18ClFN4O2S. The second-order valence-electron chi connectivity index (χ2n) is 6.73. The highest BCUT2D eigenvalue weighted by atomic mass is 35.5. The molecule has 3 heterocycles. The number of aromatic nitrogens is 3. The van der Waals surface area contributed by atoms with Gasteiger partial charge >= 0.3 is 5.69 Å². The summed E-state index contributed by atoms with van der Waals surface area (Å²) in [6, 6.07) is 9.66. The fourth-order valence-corrected chi connectivity index (χ4v) is 4.35. The van der Waals surface area contributed by atoms with Crippen LogP contribution in [0.5, 0.6) is 0 Å². The van der Waals surface area contributed by atoms with Crippen molar-refractivity contribution in [2.24, 2.45) is 0 Å². The third-order valence-electron chi connectivity index (χ3n) is 4.77. The Morgan fingerprint density at radius 3 is 2.62 bits per heavy atom. The first-order valence-electron chi connectivity index (χ1n) is 8.99. The van der Waals surface area contributed by atoms with Crippen LogP contribution < -0.4 is 10.6 Å². The van der Waals surface area contributed by atoms with Crippen LogP contribution in [0.25, 0.3) is 5.57 Å². The van der Waals surface area contributed by atoms with E-state index in [1.54, 1.807) is 30.0 Å². The second-order valence-corrected chi connectivity index (χ2v) is 8.53. The Bertz CT molecular complexity index is 1130. The molecule has 1 aliphatic rings. The number of hydrogen-bond acceptors (Lipinski definition) is 6. The predicted molar refractivity (Wildman–Crippen MR) is 112 cm³/mol. The van der Waals surface area contributed by atoms with Crippen LogP contribution >= 0.6 is 22.9 Å². The molecule has 9 heteroatoms. The molecule has 1 aromatic carbocycles. The van der Waals surface area contributed by atoms with Gasteiger partial charge in [-0.3, -0.25) is 4.57 Å². The maximum atomic E-state index is 13.1. The summed E-state index contributed by atoms with van der Waals surface area (Å²) in [7, 11) is 0. The monoisotopic (exact) mass is 432 g/mol. The fraction of sp³-hybridized carbons (Fsp3) is 0.250. The van der Waals surface area contributed by atoms with Crippen LogP contribution in [0, 0.1) is 12.7 Å². The maximum absolute atomic E-state index is 13.1. The molecule has 0 bridgehead atoms. The van der Waals surface area contributed by atoms with Gasteiger partial charge in [0.05, 0.1) is 23.5 Å². The minimum Gasteiger partial charge on any atom is -0.387 e. The third kappa shape index (κ3) is 4.24. The number of halogens is 2. The molecule has 0 radical (unpaired) electrons. The summed E-state index contributed by atoms with van der Waals surface area (Å²) in [6.45, 7) is 2.79. The molecule has 0 amide bonds. The summed E-state index contributed by atoms with van der Waals surface area (Å²) in [5.74, 6) is 0.490. The molecule has 0 aliphatic carbocycles. The first-order chi connectivity index (χ1) is 13.9. The molecule has 1 N–H and O–H groups in total. The van der Waals surface area contributed by atoms with Gasteiger partial charge in [-0.2, -0.15) is 9.97 Å². The van der Waals surface area contributed by atoms with Gasteiger partial charge in [0.15, 0.2) is 0 Å². The molecule has 0 spiro atoms. The minimum absolute atomic E-state index is 0.243. The average Bonchev–Trinajstić information content (AvgIpc) is 3.10. The zero-order valence-electron chi connectivity index (χ0n) is 15.5. The van der Waals surface area contributed by atoms with Gasteiger partial charge < -0.3 is 10.0 Å². The molecule has 1 aliphatic heterocycles. The molecule has 3 aromatic rings. The predicted octanol–water partition coefficient (Wildman–Crippen LogP) is 3.11. The lowest BCUT2D eigenvalue weighted by atomic mass is 9.97. The highest BCUT2D eigenvalue weighted by Gasteiger charge is 2.24. The van der Waals surface area contributed by atoms with Crippen molar-refractivity contribution in [1.29, 1.82) is 0 Å². The molecule has 0 fully saturated rings. The summed E-state index contributed by atoms with van der Waals surface area (Å²) in [5.41, 5.74) is 1.08. The largest absolute Gasteiger partial charge is 0.387 e. The summed E-state index contributed by atoms with van der Waals surface area (Å²) >= 11 is 7.36. The van der Waals surface area contributed by atoms with Crippen molar-refractivity contribution in [3.63, 3.8) is 0 Å². The third-order valence-corrected chi connectivity index (χ3v) is 5.98. The molecule has 1 atom stereocenters. The Kier molecular flexibility index (Phi) is 5.49. The van der Waals surface area contributed by atoms with Crippen molar-refractivity contribution in [1.82, 2.24) is 14.5 Å². The molecule has 0 saturated carbocycles. The van der Waals surface area contributed by atoms with Crippen molar-refractivity contribution in [3.8, 4) is 0 Å². The van der Waals surface area contributed by atoms with Crippen LogP contribution in [0.15, 0.2) is 47.3 Å². The van der Waals surface area contributed by atoms with Gasteiger partial charge in [-0.15, -0.1) is 11.3 Å². The number of rotatable bonds is 4. The van der Waals surface area contributed by atoms with E-state index in [2.05, 4.69) is 9.97 Å².